The average Bonchev–Trinajstić information content (AvgIpc) is 0.785. The summed E-state index contributed by atoms with van der Waals surface area (Å²) in [6.07, 6.45) is -9.37. The number of rotatable bonds is 7. The topological polar surface area (TPSA) is 285 Å². The van der Waals surface area contributed by atoms with Gasteiger partial charge in [-0.15, -0.1) is 0 Å². The maximum atomic E-state index is 14.9. The van der Waals surface area contributed by atoms with Gasteiger partial charge in [0.25, 0.3) is 0 Å². The van der Waals surface area contributed by atoms with Crippen molar-refractivity contribution in [1.82, 2.24) is 0 Å². The number of carbonyl (C=O) groups is 7. The number of ketones is 2. The highest BCUT2D eigenvalue weighted by atomic mass is 16.6. The van der Waals surface area contributed by atoms with Crippen LogP contribution in [-0.4, -0.2) is 151 Å². The van der Waals surface area contributed by atoms with Crippen molar-refractivity contribution < 1.29 is 92.3 Å². The third-order valence-corrected chi connectivity index (χ3v) is 20.8. The molecule has 83 heavy (non-hydrogen) atoms. The molecule has 0 aromatic heterocycles. The molecule has 2 heterocycles. The highest BCUT2D eigenvalue weighted by molar-refractivity contribution is 5.94. The molecule has 5 N–H and O–H groups in total. The van der Waals surface area contributed by atoms with Gasteiger partial charge >= 0.3 is 29.8 Å². The maximum Gasteiger partial charge on any atom is 0.338 e. The van der Waals surface area contributed by atoms with E-state index in [1.165, 1.54) is 20.8 Å². The van der Waals surface area contributed by atoms with Crippen molar-refractivity contribution in [3.05, 3.63) is 94.1 Å². The summed E-state index contributed by atoms with van der Waals surface area (Å²) in [5, 5.41) is 59.7. The van der Waals surface area contributed by atoms with Crippen LogP contribution in [-0.2, 0) is 57.1 Å². The van der Waals surface area contributed by atoms with Gasteiger partial charge in [-0.3, -0.25) is 24.0 Å². The van der Waals surface area contributed by atoms with Crippen molar-refractivity contribution in [2.24, 2.45) is 45.3 Å². The zero-order valence-corrected chi connectivity index (χ0v) is 48.4. The summed E-state index contributed by atoms with van der Waals surface area (Å²) in [4.78, 5) is 94.3. The molecule has 2 unspecified atom stereocenters. The number of hydrogen-bond donors (Lipinski definition) is 5. The lowest BCUT2D eigenvalue weighted by atomic mass is 9.43. The zero-order valence-electron chi connectivity index (χ0n) is 48.4. The van der Waals surface area contributed by atoms with Crippen molar-refractivity contribution in [2.45, 2.75) is 202 Å². The van der Waals surface area contributed by atoms with Crippen molar-refractivity contribution in [1.29, 1.82) is 0 Å². The van der Waals surface area contributed by atoms with Crippen LogP contribution in [0.4, 0.5) is 0 Å². The third-order valence-electron chi connectivity index (χ3n) is 20.8. The first-order chi connectivity index (χ1) is 37.6. The summed E-state index contributed by atoms with van der Waals surface area (Å²) in [5.74, 6) is -8.06. The Hall–Kier alpha value is -5.67. The van der Waals surface area contributed by atoms with Crippen molar-refractivity contribution >= 4 is 41.4 Å². The predicted octanol–water partition coefficient (Wildman–Crippen LogP) is 6.56. The molecule has 0 spiro atoms. The second-order valence-electron chi connectivity index (χ2n) is 25.6. The van der Waals surface area contributed by atoms with Gasteiger partial charge in [-0.1, -0.05) is 92.8 Å². The molecule has 0 amide bonds. The third kappa shape index (κ3) is 9.35. The van der Waals surface area contributed by atoms with E-state index in [1.54, 1.807) is 130 Å². The van der Waals surface area contributed by atoms with Crippen molar-refractivity contribution in [2.75, 3.05) is 13.2 Å². The lowest BCUT2D eigenvalue weighted by molar-refractivity contribution is -0.345. The maximum absolute atomic E-state index is 14.9. The first-order valence-electron chi connectivity index (χ1n) is 28.0. The van der Waals surface area contributed by atoms with E-state index in [1.807, 2.05) is 0 Å². The number of carbonyl (C=O) groups excluding carboxylic acids is 7. The normalized spacial score (nSPS) is 40.5. The fraction of sp³-hybridized carbons (Fsp3) is 0.641. The Morgan fingerprint density at radius 2 is 0.904 bits per heavy atom. The van der Waals surface area contributed by atoms with E-state index < -0.39 is 146 Å². The minimum atomic E-state index is -1.95. The summed E-state index contributed by atoms with van der Waals surface area (Å²) in [6, 6.07) is 16.5. The molecular formula is C64H86O19. The average molecular weight is 1160 g/mol. The van der Waals surface area contributed by atoms with Crippen LogP contribution in [0.2, 0.25) is 0 Å². The Labute approximate surface area is 486 Å². The molecule has 456 valence electrons. The Morgan fingerprint density at radius 1 is 0.542 bits per heavy atom. The predicted molar refractivity (Wildman–Crippen MR) is 300 cm³/mol. The summed E-state index contributed by atoms with van der Waals surface area (Å²) in [6.45, 7) is 20.8. The monoisotopic (exact) mass is 1160 g/mol. The summed E-state index contributed by atoms with van der Waals surface area (Å²) in [7, 11) is 0. The number of ether oxygens (including phenoxy) is 7. The van der Waals surface area contributed by atoms with Gasteiger partial charge < -0.3 is 58.7 Å². The highest BCUT2D eigenvalue weighted by Gasteiger charge is 2.80. The standard InChI is InChI=1S/C32H40O10.C30H38O9.2CH4/c1-16-21(35)14-32(38)27(41-28(37)20-11-9-8-10-12-20)25-30(7,26(36)17(2)24(16)29(32,5)6)22(40-18(3)33)13-23-31(25,15-39-23)42-19(4)34;1-15-19(32)13-30(36)25(38-26(35)18-10-8-7-9-11-18)23-28(6,24(34)16(2)22(15)27(30,4)5)20(33)12-21-29(23,14-37-21)39-17(3)31;;/h8-12,17,21-23,25,27,35,38H,13-15H2,1-7H3;7-11,16,19-21,23,25,32-33,36H,12-14H2,1-6H3;2*1H4/t17-,21+,22+,23-,25?,27+,30-,31+,32-;16-,19+,20+,21-,23?,25+,28-,29+,30-;;/m11../s1. The Balaban J connectivity index is 0.000000234. The number of hydrogen-bond acceptors (Lipinski definition) is 19. The molecule has 2 aromatic carbocycles. The summed E-state index contributed by atoms with van der Waals surface area (Å²) >= 11 is 0. The fourth-order valence-corrected chi connectivity index (χ4v) is 16.7. The number of benzene rings is 2. The van der Waals surface area contributed by atoms with Crippen LogP contribution in [0.15, 0.2) is 83.0 Å². The van der Waals surface area contributed by atoms with E-state index in [4.69, 9.17) is 33.2 Å². The van der Waals surface area contributed by atoms with Gasteiger partial charge in [-0.25, -0.2) is 9.59 Å². The molecule has 8 aliphatic rings. The van der Waals surface area contributed by atoms with Gasteiger partial charge in [0.1, 0.15) is 53.3 Å². The molecule has 2 aromatic rings. The molecule has 2 aliphatic heterocycles. The minimum Gasteiger partial charge on any atom is -0.461 e. The lowest BCUT2D eigenvalue weighted by Crippen LogP contribution is -2.81. The van der Waals surface area contributed by atoms with E-state index in [9.17, 15) is 59.1 Å². The van der Waals surface area contributed by atoms with E-state index >= 15 is 0 Å². The number of fused-ring (bicyclic) bond motifs is 10. The first kappa shape index (κ1) is 64.9. The van der Waals surface area contributed by atoms with Gasteiger partial charge in [-0.2, -0.15) is 0 Å². The van der Waals surface area contributed by atoms with Crippen LogP contribution in [0.5, 0.6) is 0 Å². The quantitative estimate of drug-likeness (QED) is 0.111. The number of aliphatic hydroxyl groups is 5. The van der Waals surface area contributed by atoms with Gasteiger partial charge in [0.05, 0.1) is 65.3 Å². The van der Waals surface area contributed by atoms with E-state index in [0.29, 0.717) is 22.3 Å². The number of Topliss-reactive ketones (excluding diaryl/α,β-unsaturated/α-hetero) is 2. The molecule has 19 heteroatoms. The second-order valence-corrected chi connectivity index (χ2v) is 25.6. The van der Waals surface area contributed by atoms with Crippen LogP contribution >= 0.6 is 0 Å². The molecule has 2 saturated heterocycles. The van der Waals surface area contributed by atoms with Gasteiger partial charge in [-0.05, 0) is 74.3 Å². The molecule has 6 aliphatic carbocycles. The van der Waals surface area contributed by atoms with Crippen molar-refractivity contribution in [3.63, 3.8) is 0 Å². The summed E-state index contributed by atoms with van der Waals surface area (Å²) in [5.41, 5.74) is -9.64. The van der Waals surface area contributed by atoms with Crippen LogP contribution < -0.4 is 0 Å². The Bertz CT molecular complexity index is 2990. The molecule has 4 bridgehead atoms. The van der Waals surface area contributed by atoms with E-state index in [0.717, 1.165) is 0 Å². The number of aliphatic hydroxyl groups excluding tert-OH is 3. The molecule has 18 atom stereocenters. The Morgan fingerprint density at radius 3 is 1.25 bits per heavy atom. The minimum absolute atomic E-state index is 0. The van der Waals surface area contributed by atoms with Crippen LogP contribution in [0.1, 0.15) is 151 Å². The van der Waals surface area contributed by atoms with Gasteiger partial charge in [0, 0.05) is 69.1 Å². The van der Waals surface area contributed by atoms with Crippen LogP contribution in [0.3, 0.4) is 0 Å². The molecule has 10 rings (SSSR count). The smallest absolute Gasteiger partial charge is 0.338 e. The highest BCUT2D eigenvalue weighted by Crippen LogP contribution is 2.67. The van der Waals surface area contributed by atoms with Gasteiger partial charge in [0.15, 0.2) is 11.2 Å². The second kappa shape index (κ2) is 22.0. The van der Waals surface area contributed by atoms with Crippen LogP contribution in [0, 0.1) is 45.3 Å². The largest absolute Gasteiger partial charge is 0.461 e. The molecule has 4 saturated carbocycles. The molecule has 0 radical (unpaired) electrons. The fourth-order valence-electron chi connectivity index (χ4n) is 16.7. The molecule has 19 nitrogen and oxygen atoms in total. The van der Waals surface area contributed by atoms with Gasteiger partial charge in [0.2, 0.25) is 0 Å². The number of esters is 5. The molecule has 6 fully saturated rings. The Kier molecular flexibility index (Phi) is 17.2. The van der Waals surface area contributed by atoms with Crippen LogP contribution in [0.25, 0.3) is 0 Å². The summed E-state index contributed by atoms with van der Waals surface area (Å²) < 4.78 is 41.9. The first-order valence-corrected chi connectivity index (χ1v) is 28.0. The SMILES string of the molecule is C.C.CC(=O)O[C@@]12CO[C@@H]1C[C@H](O)[C@@]1(C)C(=O)[C@H](C)C3=C(C)[C@@H](O)C[C@@](O)([C@@H](OC(=O)c4ccccc4)C12)C3(C)C.CC(=O)O[C@H]1C[C@H]2OC[C@@]2(OC(C)=O)C2[C@H](OC(=O)c3ccccc3)[C@]3(O)C[C@H](O)C(C)=C([C@@H](C)C(=O)[C@@]21C)C3(C)C. The van der Waals surface area contributed by atoms with E-state index in [-0.39, 0.29) is 76.4 Å². The molecular weight excluding hydrogens is 1070 g/mol. The van der Waals surface area contributed by atoms with E-state index in [2.05, 4.69) is 0 Å². The lowest BCUT2D eigenvalue weighted by Gasteiger charge is -2.67. The van der Waals surface area contributed by atoms with Crippen molar-refractivity contribution in [3.8, 4) is 0 Å². The zero-order chi connectivity index (χ0) is 59.7.